The summed E-state index contributed by atoms with van der Waals surface area (Å²) in [5.41, 5.74) is 5.93. The summed E-state index contributed by atoms with van der Waals surface area (Å²) in [4.78, 5) is 24.7. The summed E-state index contributed by atoms with van der Waals surface area (Å²) in [7, 11) is 0. The van der Waals surface area contributed by atoms with Gasteiger partial charge in [0.2, 0.25) is 0 Å². The van der Waals surface area contributed by atoms with Crippen molar-refractivity contribution in [2.45, 2.75) is 27.2 Å². The van der Waals surface area contributed by atoms with Crippen molar-refractivity contribution in [3.63, 3.8) is 0 Å². The van der Waals surface area contributed by atoms with Crippen LogP contribution in [0.5, 0.6) is 0 Å². The van der Waals surface area contributed by atoms with Crippen molar-refractivity contribution < 1.29 is 4.79 Å². The van der Waals surface area contributed by atoms with Gasteiger partial charge in [0.15, 0.2) is 0 Å². The van der Waals surface area contributed by atoms with E-state index < -0.39 is 0 Å². The number of benzene rings is 2. The number of carbonyl (C=O) groups is 1. The van der Waals surface area contributed by atoms with E-state index in [2.05, 4.69) is 44.6 Å². The Balaban J connectivity index is 1.43. The van der Waals surface area contributed by atoms with E-state index in [1.54, 1.807) is 13.0 Å². The summed E-state index contributed by atoms with van der Waals surface area (Å²) in [6.07, 6.45) is 2.74. The summed E-state index contributed by atoms with van der Waals surface area (Å²) < 4.78 is 0. The molecule has 0 aliphatic rings. The van der Waals surface area contributed by atoms with Crippen LogP contribution >= 0.6 is 0 Å². The minimum atomic E-state index is -0.205. The predicted octanol–water partition coefficient (Wildman–Crippen LogP) is 4.60. The van der Waals surface area contributed by atoms with Gasteiger partial charge in [0.05, 0.1) is 0 Å². The maximum atomic E-state index is 12.7. The quantitative estimate of drug-likeness (QED) is 0.442. The van der Waals surface area contributed by atoms with Gasteiger partial charge in [-0.2, -0.15) is 0 Å². The number of aromatic nitrogens is 3. The number of H-pyrrole nitrogens is 1. The Kier molecular flexibility index (Phi) is 5.48. The number of fused-ring (bicyclic) bond motifs is 1. The van der Waals surface area contributed by atoms with Crippen molar-refractivity contribution in [2.75, 3.05) is 11.9 Å². The van der Waals surface area contributed by atoms with E-state index in [1.807, 2.05) is 43.5 Å². The Morgan fingerprint density at radius 3 is 2.70 bits per heavy atom. The highest BCUT2D eigenvalue weighted by Crippen LogP contribution is 2.21. The zero-order valence-electron chi connectivity index (χ0n) is 17.4. The lowest BCUT2D eigenvalue weighted by molar-refractivity contribution is 0.0949. The van der Waals surface area contributed by atoms with E-state index in [-0.39, 0.29) is 5.91 Å². The van der Waals surface area contributed by atoms with Crippen LogP contribution in [0.3, 0.4) is 0 Å². The van der Waals surface area contributed by atoms with Crippen molar-refractivity contribution in [1.82, 2.24) is 20.3 Å². The average molecular weight is 399 g/mol. The van der Waals surface area contributed by atoms with Crippen LogP contribution in [0.2, 0.25) is 0 Å². The fraction of sp³-hybridized carbons (Fsp3) is 0.208. The molecule has 0 atom stereocenters. The molecule has 0 spiro atoms. The van der Waals surface area contributed by atoms with Gasteiger partial charge in [0.1, 0.15) is 17.3 Å². The van der Waals surface area contributed by atoms with E-state index in [1.165, 1.54) is 16.5 Å². The molecule has 2 heterocycles. The van der Waals surface area contributed by atoms with Crippen molar-refractivity contribution in [3.8, 4) is 0 Å². The molecule has 0 fully saturated rings. The molecule has 152 valence electrons. The van der Waals surface area contributed by atoms with Gasteiger partial charge >= 0.3 is 0 Å². The smallest absolute Gasteiger partial charge is 0.270 e. The number of rotatable bonds is 6. The Hall–Kier alpha value is -3.67. The maximum absolute atomic E-state index is 12.7. The summed E-state index contributed by atoms with van der Waals surface area (Å²) in [5.74, 6) is 0.951. The largest absolute Gasteiger partial charge is 0.361 e. The van der Waals surface area contributed by atoms with Crippen LogP contribution in [-0.4, -0.2) is 27.4 Å². The van der Waals surface area contributed by atoms with Gasteiger partial charge in [0, 0.05) is 35.4 Å². The Bertz CT molecular complexity index is 1210. The van der Waals surface area contributed by atoms with Gasteiger partial charge in [-0.05, 0) is 50.5 Å². The fourth-order valence-electron chi connectivity index (χ4n) is 3.58. The molecule has 0 radical (unpaired) electrons. The van der Waals surface area contributed by atoms with E-state index in [4.69, 9.17) is 0 Å². The van der Waals surface area contributed by atoms with Gasteiger partial charge in [-0.3, -0.25) is 4.79 Å². The molecule has 4 rings (SSSR count). The number of hydrogen-bond donors (Lipinski definition) is 3. The molecule has 0 aliphatic carbocycles. The van der Waals surface area contributed by atoms with Crippen LogP contribution in [0, 0.1) is 20.8 Å². The monoisotopic (exact) mass is 399 g/mol. The number of aromatic amines is 1. The highest BCUT2D eigenvalue weighted by molar-refractivity contribution is 5.93. The highest BCUT2D eigenvalue weighted by atomic mass is 16.1. The van der Waals surface area contributed by atoms with Crippen molar-refractivity contribution in [1.29, 1.82) is 0 Å². The van der Waals surface area contributed by atoms with Gasteiger partial charge < -0.3 is 15.6 Å². The second-order valence-electron chi connectivity index (χ2n) is 7.49. The number of aryl methyl sites for hydroxylation is 3. The van der Waals surface area contributed by atoms with E-state index in [0.717, 1.165) is 23.2 Å². The van der Waals surface area contributed by atoms with Crippen molar-refractivity contribution in [3.05, 3.63) is 82.9 Å². The lowest BCUT2D eigenvalue weighted by atomic mass is 10.1. The van der Waals surface area contributed by atoms with Crippen LogP contribution in [-0.2, 0) is 6.42 Å². The number of hydrogen-bond acceptors (Lipinski definition) is 4. The van der Waals surface area contributed by atoms with Crippen LogP contribution in [0.4, 0.5) is 11.5 Å². The SMILES string of the molecule is Cc1ccc(Nc2cc(C(=O)NCCc3c[nH]c4ccccc34)nc(C)n2)c(C)c1. The normalized spacial score (nSPS) is 10.9. The first-order valence-corrected chi connectivity index (χ1v) is 10.0. The Labute approximate surface area is 175 Å². The van der Waals surface area contributed by atoms with Crippen molar-refractivity contribution >= 4 is 28.3 Å². The number of para-hydroxylation sites is 1. The van der Waals surface area contributed by atoms with E-state index in [9.17, 15) is 4.79 Å². The molecule has 0 bridgehead atoms. The zero-order valence-corrected chi connectivity index (χ0v) is 17.4. The van der Waals surface area contributed by atoms with Gasteiger partial charge in [-0.1, -0.05) is 35.9 Å². The van der Waals surface area contributed by atoms with Crippen LogP contribution in [0.1, 0.15) is 33.0 Å². The first-order chi connectivity index (χ1) is 14.5. The highest BCUT2D eigenvalue weighted by Gasteiger charge is 2.12. The third-order valence-corrected chi connectivity index (χ3v) is 5.07. The number of anilines is 2. The minimum absolute atomic E-state index is 0.205. The van der Waals surface area contributed by atoms with Crippen LogP contribution in [0.25, 0.3) is 10.9 Å². The molecule has 0 aliphatic heterocycles. The third kappa shape index (κ3) is 4.33. The molecule has 0 unspecified atom stereocenters. The molecule has 6 heteroatoms. The lowest BCUT2D eigenvalue weighted by Gasteiger charge is -2.11. The number of carbonyl (C=O) groups excluding carboxylic acids is 1. The molecular formula is C24H25N5O. The Morgan fingerprint density at radius 2 is 1.87 bits per heavy atom. The molecule has 4 aromatic rings. The molecule has 3 N–H and O–H groups in total. The summed E-state index contributed by atoms with van der Waals surface area (Å²) in [6, 6.07) is 16.0. The van der Waals surface area contributed by atoms with Crippen LogP contribution in [0.15, 0.2) is 54.7 Å². The number of amides is 1. The molecule has 0 saturated heterocycles. The summed E-state index contributed by atoms with van der Waals surface area (Å²) in [5, 5.41) is 7.45. The second-order valence-corrected chi connectivity index (χ2v) is 7.49. The molecule has 2 aromatic carbocycles. The zero-order chi connectivity index (χ0) is 21.1. The van der Waals surface area contributed by atoms with Gasteiger partial charge in [0.25, 0.3) is 5.91 Å². The van der Waals surface area contributed by atoms with Crippen LogP contribution < -0.4 is 10.6 Å². The first-order valence-electron chi connectivity index (χ1n) is 10.0. The topological polar surface area (TPSA) is 82.7 Å². The molecule has 2 aromatic heterocycles. The second kappa shape index (κ2) is 8.37. The van der Waals surface area contributed by atoms with Crippen molar-refractivity contribution in [2.24, 2.45) is 0 Å². The fourth-order valence-corrected chi connectivity index (χ4v) is 3.58. The standard InChI is InChI=1S/C24H25N5O/c1-15-8-9-20(16(2)12-15)29-23-13-22(27-17(3)28-23)24(30)25-11-10-18-14-26-21-7-5-4-6-19(18)21/h4-9,12-14,26H,10-11H2,1-3H3,(H,25,30)(H,27,28,29). The summed E-state index contributed by atoms with van der Waals surface area (Å²) in [6.45, 7) is 6.42. The predicted molar refractivity (Wildman–Crippen MR) is 120 cm³/mol. The third-order valence-electron chi connectivity index (χ3n) is 5.07. The molecule has 30 heavy (non-hydrogen) atoms. The molecule has 0 saturated carbocycles. The van der Waals surface area contributed by atoms with Gasteiger partial charge in [-0.25, -0.2) is 9.97 Å². The van der Waals surface area contributed by atoms with Gasteiger partial charge in [-0.15, -0.1) is 0 Å². The maximum Gasteiger partial charge on any atom is 0.270 e. The number of nitrogens with zero attached hydrogens (tertiary/aromatic N) is 2. The minimum Gasteiger partial charge on any atom is -0.361 e. The molecular weight excluding hydrogens is 374 g/mol. The van der Waals surface area contributed by atoms with E-state index >= 15 is 0 Å². The molecule has 1 amide bonds. The number of nitrogens with one attached hydrogen (secondary N) is 3. The molecule has 6 nitrogen and oxygen atoms in total. The average Bonchev–Trinajstić information content (AvgIpc) is 3.13. The summed E-state index contributed by atoms with van der Waals surface area (Å²) >= 11 is 0. The lowest BCUT2D eigenvalue weighted by Crippen LogP contribution is -2.27. The first kappa shape index (κ1) is 19.6. The Morgan fingerprint density at radius 1 is 1.03 bits per heavy atom. The van der Waals surface area contributed by atoms with E-state index in [0.29, 0.717) is 23.9 Å².